The van der Waals surface area contributed by atoms with Crippen molar-refractivity contribution in [1.29, 1.82) is 5.26 Å². The Labute approximate surface area is 168 Å². The zero-order valence-corrected chi connectivity index (χ0v) is 16.1. The number of hydrogen-bond acceptors (Lipinski definition) is 5. The Hall–Kier alpha value is -2.59. The molecule has 2 saturated heterocycles. The van der Waals surface area contributed by atoms with Gasteiger partial charge in [-0.05, 0) is 18.2 Å². The number of amides is 1. The molecule has 2 heterocycles. The number of nitriles is 1. The van der Waals surface area contributed by atoms with Crippen molar-refractivity contribution in [1.82, 2.24) is 4.90 Å². The standard InChI is InChI=1S/C21H20ClN3O3/c22-19-16(21-27-12-13-28-21)6-7-18(17(19)14-23)24-8-10-25(11-9-24)20(26)15-4-2-1-3-5-15/h1-7,21H,8-13H2. The summed E-state index contributed by atoms with van der Waals surface area (Å²) in [5.74, 6) is 0.0321. The van der Waals surface area contributed by atoms with Gasteiger partial charge in [0.2, 0.25) is 0 Å². The van der Waals surface area contributed by atoms with E-state index in [0.717, 1.165) is 5.69 Å². The molecule has 28 heavy (non-hydrogen) atoms. The summed E-state index contributed by atoms with van der Waals surface area (Å²) in [6.07, 6.45) is -0.519. The van der Waals surface area contributed by atoms with Crippen molar-refractivity contribution >= 4 is 23.2 Å². The average molecular weight is 398 g/mol. The van der Waals surface area contributed by atoms with Crippen molar-refractivity contribution in [3.63, 3.8) is 0 Å². The van der Waals surface area contributed by atoms with E-state index in [-0.39, 0.29) is 5.91 Å². The molecule has 0 unspecified atom stereocenters. The fourth-order valence-electron chi connectivity index (χ4n) is 3.59. The summed E-state index contributed by atoms with van der Waals surface area (Å²) in [5, 5.41) is 10.0. The van der Waals surface area contributed by atoms with Crippen LogP contribution in [0.3, 0.4) is 0 Å². The lowest BCUT2D eigenvalue weighted by Gasteiger charge is -2.36. The molecule has 0 N–H and O–H groups in total. The highest BCUT2D eigenvalue weighted by Gasteiger charge is 2.27. The maximum atomic E-state index is 12.6. The Morgan fingerprint density at radius 3 is 2.36 bits per heavy atom. The Kier molecular flexibility index (Phi) is 5.49. The molecule has 0 aliphatic carbocycles. The maximum Gasteiger partial charge on any atom is 0.253 e. The largest absolute Gasteiger partial charge is 0.367 e. The number of hydrogen-bond donors (Lipinski definition) is 0. The molecule has 4 rings (SSSR count). The van der Waals surface area contributed by atoms with E-state index >= 15 is 0 Å². The summed E-state index contributed by atoms with van der Waals surface area (Å²) in [6.45, 7) is 3.49. The van der Waals surface area contributed by atoms with Crippen LogP contribution >= 0.6 is 11.6 Å². The minimum atomic E-state index is -0.519. The number of rotatable bonds is 3. The van der Waals surface area contributed by atoms with Gasteiger partial charge in [0.1, 0.15) is 6.07 Å². The number of carbonyl (C=O) groups excluding carboxylic acids is 1. The topological polar surface area (TPSA) is 65.8 Å². The first-order chi connectivity index (χ1) is 13.7. The molecule has 2 aliphatic heterocycles. The van der Waals surface area contributed by atoms with Gasteiger partial charge in [0.15, 0.2) is 6.29 Å². The van der Waals surface area contributed by atoms with Crippen LogP contribution < -0.4 is 4.90 Å². The fraction of sp³-hybridized carbons (Fsp3) is 0.333. The number of anilines is 1. The Balaban J connectivity index is 1.49. The molecule has 144 valence electrons. The van der Waals surface area contributed by atoms with Crippen molar-refractivity contribution in [3.8, 4) is 6.07 Å². The second kappa shape index (κ2) is 8.19. The molecule has 6 nitrogen and oxygen atoms in total. The van der Waals surface area contributed by atoms with E-state index in [1.165, 1.54) is 0 Å². The third kappa shape index (κ3) is 3.57. The van der Waals surface area contributed by atoms with Gasteiger partial charge in [0.25, 0.3) is 5.91 Å². The molecule has 1 amide bonds. The van der Waals surface area contributed by atoms with E-state index in [9.17, 15) is 10.1 Å². The molecule has 0 spiro atoms. The van der Waals surface area contributed by atoms with Gasteiger partial charge in [0.05, 0.1) is 29.5 Å². The average Bonchev–Trinajstić information content (AvgIpc) is 3.28. The molecular formula is C21H20ClN3O3. The van der Waals surface area contributed by atoms with Crippen LogP contribution in [0.1, 0.15) is 27.8 Å². The summed E-state index contributed by atoms with van der Waals surface area (Å²) in [6, 6.07) is 15.2. The molecule has 0 aromatic heterocycles. The second-order valence-corrected chi connectivity index (χ2v) is 7.07. The Morgan fingerprint density at radius 2 is 1.71 bits per heavy atom. The van der Waals surface area contributed by atoms with Gasteiger partial charge in [-0.3, -0.25) is 4.79 Å². The van der Waals surface area contributed by atoms with E-state index in [1.807, 2.05) is 47.4 Å². The highest BCUT2D eigenvalue weighted by atomic mass is 35.5. The zero-order valence-electron chi connectivity index (χ0n) is 15.3. The first-order valence-corrected chi connectivity index (χ1v) is 9.62. The predicted molar refractivity (Wildman–Crippen MR) is 105 cm³/mol. The Morgan fingerprint density at radius 1 is 1.04 bits per heavy atom. The van der Waals surface area contributed by atoms with Crippen LogP contribution in [0, 0.1) is 11.3 Å². The summed E-state index contributed by atoms with van der Waals surface area (Å²) in [7, 11) is 0. The molecule has 7 heteroatoms. The van der Waals surface area contributed by atoms with Gasteiger partial charge in [-0.1, -0.05) is 35.9 Å². The molecule has 0 saturated carbocycles. The number of carbonyl (C=O) groups is 1. The van der Waals surface area contributed by atoms with Crippen LogP contribution in [0.5, 0.6) is 0 Å². The smallest absolute Gasteiger partial charge is 0.253 e. The lowest BCUT2D eigenvalue weighted by Crippen LogP contribution is -2.49. The van der Waals surface area contributed by atoms with E-state index in [0.29, 0.717) is 61.1 Å². The quantitative estimate of drug-likeness (QED) is 0.795. The fourth-order valence-corrected chi connectivity index (χ4v) is 3.88. The number of piperazine rings is 1. The first-order valence-electron chi connectivity index (χ1n) is 9.24. The van der Waals surface area contributed by atoms with Crippen molar-refractivity contribution in [3.05, 3.63) is 64.2 Å². The minimum Gasteiger partial charge on any atom is -0.367 e. The molecule has 2 aromatic rings. The molecule has 2 aromatic carbocycles. The van der Waals surface area contributed by atoms with Gasteiger partial charge < -0.3 is 19.3 Å². The number of ether oxygens (including phenoxy) is 2. The van der Waals surface area contributed by atoms with Gasteiger partial charge in [-0.15, -0.1) is 0 Å². The van der Waals surface area contributed by atoms with Crippen LogP contribution in [-0.2, 0) is 9.47 Å². The molecule has 2 aliphatic rings. The molecule has 0 radical (unpaired) electrons. The minimum absolute atomic E-state index is 0.0321. The molecule has 0 bridgehead atoms. The summed E-state index contributed by atoms with van der Waals surface area (Å²) >= 11 is 6.50. The van der Waals surface area contributed by atoms with Crippen molar-refractivity contribution in [2.75, 3.05) is 44.3 Å². The van der Waals surface area contributed by atoms with Crippen LogP contribution in [0.15, 0.2) is 42.5 Å². The third-order valence-electron chi connectivity index (χ3n) is 5.07. The number of benzene rings is 2. The molecule has 2 fully saturated rings. The Bertz CT molecular complexity index is 899. The van der Waals surface area contributed by atoms with Gasteiger partial charge in [0, 0.05) is 37.3 Å². The van der Waals surface area contributed by atoms with Crippen LogP contribution in [0.2, 0.25) is 5.02 Å². The molecule has 0 atom stereocenters. The first kappa shape index (κ1) is 18.8. The van der Waals surface area contributed by atoms with Crippen LogP contribution in [0.4, 0.5) is 5.69 Å². The highest BCUT2D eigenvalue weighted by Crippen LogP contribution is 2.36. The second-order valence-electron chi connectivity index (χ2n) is 6.69. The van der Waals surface area contributed by atoms with Gasteiger partial charge in [-0.2, -0.15) is 5.26 Å². The van der Waals surface area contributed by atoms with Crippen molar-refractivity contribution < 1.29 is 14.3 Å². The lowest BCUT2D eigenvalue weighted by atomic mass is 10.1. The van der Waals surface area contributed by atoms with E-state index < -0.39 is 6.29 Å². The van der Waals surface area contributed by atoms with Crippen LogP contribution in [-0.4, -0.2) is 50.2 Å². The third-order valence-corrected chi connectivity index (χ3v) is 5.47. The van der Waals surface area contributed by atoms with E-state index in [2.05, 4.69) is 11.0 Å². The zero-order chi connectivity index (χ0) is 19.5. The van der Waals surface area contributed by atoms with Crippen LogP contribution in [0.25, 0.3) is 0 Å². The summed E-state index contributed by atoms with van der Waals surface area (Å²) in [4.78, 5) is 16.6. The summed E-state index contributed by atoms with van der Waals surface area (Å²) < 4.78 is 11.0. The van der Waals surface area contributed by atoms with Gasteiger partial charge in [-0.25, -0.2) is 0 Å². The molecular weight excluding hydrogens is 378 g/mol. The predicted octanol–water partition coefficient (Wildman–Crippen LogP) is 3.22. The SMILES string of the molecule is N#Cc1c(N2CCN(C(=O)c3ccccc3)CC2)ccc(C2OCCO2)c1Cl. The maximum absolute atomic E-state index is 12.6. The highest BCUT2D eigenvalue weighted by molar-refractivity contribution is 6.33. The lowest BCUT2D eigenvalue weighted by molar-refractivity contribution is -0.0440. The number of nitrogens with zero attached hydrogens (tertiary/aromatic N) is 3. The summed E-state index contributed by atoms with van der Waals surface area (Å²) in [5.41, 5.74) is 2.57. The van der Waals surface area contributed by atoms with E-state index in [4.69, 9.17) is 21.1 Å². The normalized spacial score (nSPS) is 17.6. The van der Waals surface area contributed by atoms with Crippen molar-refractivity contribution in [2.24, 2.45) is 0 Å². The monoisotopic (exact) mass is 397 g/mol. The number of halogens is 1. The van der Waals surface area contributed by atoms with Crippen molar-refractivity contribution in [2.45, 2.75) is 6.29 Å². The van der Waals surface area contributed by atoms with E-state index in [1.54, 1.807) is 0 Å². The van der Waals surface area contributed by atoms with Gasteiger partial charge >= 0.3 is 0 Å².